The standard InChI is InChI=1S/C27H25NO5S/c1-3-14-33-20-13-12-19(16-21(20)32-4-2)24-23(25(29)22-11-8-15-34-22)26(30)27(31)28(24)17-18-9-6-5-7-10-18/h3,5-13,15-16,24,30H,1,4,14,17H2,2H3. The molecule has 34 heavy (non-hydrogen) atoms. The fraction of sp³-hybridized carbons (Fsp3) is 0.185. The van der Waals surface area contributed by atoms with Gasteiger partial charge in [0.15, 0.2) is 17.3 Å². The summed E-state index contributed by atoms with van der Waals surface area (Å²) in [5.74, 6) is -0.457. The van der Waals surface area contributed by atoms with Crippen molar-refractivity contribution in [3.05, 3.63) is 106 Å². The van der Waals surface area contributed by atoms with E-state index in [-0.39, 0.29) is 17.9 Å². The molecule has 0 fully saturated rings. The molecule has 1 aliphatic rings. The predicted octanol–water partition coefficient (Wildman–Crippen LogP) is 5.49. The van der Waals surface area contributed by atoms with Crippen molar-refractivity contribution in [2.45, 2.75) is 19.5 Å². The Labute approximate surface area is 202 Å². The molecule has 0 saturated heterocycles. The highest BCUT2D eigenvalue weighted by molar-refractivity contribution is 7.12. The van der Waals surface area contributed by atoms with Gasteiger partial charge in [-0.25, -0.2) is 0 Å². The molecule has 0 aliphatic carbocycles. The van der Waals surface area contributed by atoms with Gasteiger partial charge >= 0.3 is 0 Å². The summed E-state index contributed by atoms with van der Waals surface area (Å²) >= 11 is 1.27. The molecule has 3 aromatic rings. The fourth-order valence-corrected chi connectivity index (χ4v) is 4.62. The monoisotopic (exact) mass is 475 g/mol. The van der Waals surface area contributed by atoms with Crippen LogP contribution in [0.5, 0.6) is 11.5 Å². The second kappa shape index (κ2) is 10.4. The van der Waals surface area contributed by atoms with Crippen LogP contribution < -0.4 is 9.47 Å². The minimum atomic E-state index is -0.782. The molecule has 0 saturated carbocycles. The van der Waals surface area contributed by atoms with Crippen molar-refractivity contribution in [2.75, 3.05) is 13.2 Å². The summed E-state index contributed by atoms with van der Waals surface area (Å²) in [6, 6.07) is 17.4. The largest absolute Gasteiger partial charge is 0.503 e. The van der Waals surface area contributed by atoms with Crippen LogP contribution in [-0.4, -0.2) is 34.9 Å². The molecule has 1 N–H and O–H groups in total. The Kier molecular flexibility index (Phi) is 7.13. The van der Waals surface area contributed by atoms with Crippen LogP contribution in [0.1, 0.15) is 33.8 Å². The normalized spacial score (nSPS) is 15.5. The second-order valence-corrected chi connectivity index (χ2v) is 8.58. The molecule has 0 bridgehead atoms. The van der Waals surface area contributed by atoms with Gasteiger partial charge in [-0.15, -0.1) is 11.3 Å². The SMILES string of the molecule is C=CCOc1ccc(C2C(C(=O)c3cccs3)=C(O)C(=O)N2Cc2ccccc2)cc1OCC. The summed E-state index contributed by atoms with van der Waals surface area (Å²) < 4.78 is 11.5. The maximum absolute atomic E-state index is 13.4. The zero-order valence-corrected chi connectivity index (χ0v) is 19.6. The van der Waals surface area contributed by atoms with Crippen LogP contribution in [0.3, 0.4) is 0 Å². The number of amides is 1. The summed E-state index contributed by atoms with van der Waals surface area (Å²) in [5, 5.41) is 12.6. The van der Waals surface area contributed by atoms with E-state index in [0.717, 1.165) is 5.56 Å². The summed E-state index contributed by atoms with van der Waals surface area (Å²) in [7, 11) is 0. The van der Waals surface area contributed by atoms with Crippen molar-refractivity contribution in [1.82, 2.24) is 4.90 Å². The van der Waals surface area contributed by atoms with Gasteiger partial charge in [-0.3, -0.25) is 9.59 Å². The number of aliphatic hydroxyl groups is 1. The van der Waals surface area contributed by atoms with Crippen molar-refractivity contribution in [2.24, 2.45) is 0 Å². The number of rotatable bonds is 10. The van der Waals surface area contributed by atoms with Gasteiger partial charge in [-0.05, 0) is 41.6 Å². The van der Waals surface area contributed by atoms with Gasteiger partial charge < -0.3 is 19.5 Å². The Morgan fingerprint density at radius 1 is 1.12 bits per heavy atom. The van der Waals surface area contributed by atoms with E-state index in [1.54, 1.807) is 41.8 Å². The number of aliphatic hydroxyl groups excluding tert-OH is 1. The number of carbonyl (C=O) groups is 2. The molecule has 2 aromatic carbocycles. The molecule has 7 heteroatoms. The lowest BCUT2D eigenvalue weighted by Gasteiger charge is -2.27. The van der Waals surface area contributed by atoms with Crippen molar-refractivity contribution in [1.29, 1.82) is 0 Å². The number of Topliss-reactive ketones (excluding diaryl/α,β-unsaturated/α-hetero) is 1. The van der Waals surface area contributed by atoms with E-state index < -0.39 is 17.7 Å². The zero-order chi connectivity index (χ0) is 24.1. The molecule has 2 heterocycles. The van der Waals surface area contributed by atoms with Gasteiger partial charge in [0.25, 0.3) is 5.91 Å². The van der Waals surface area contributed by atoms with Crippen molar-refractivity contribution < 1.29 is 24.2 Å². The van der Waals surface area contributed by atoms with Gasteiger partial charge in [0.2, 0.25) is 5.78 Å². The van der Waals surface area contributed by atoms with E-state index in [4.69, 9.17) is 9.47 Å². The summed E-state index contributed by atoms with van der Waals surface area (Å²) in [5.41, 5.74) is 1.59. The van der Waals surface area contributed by atoms with E-state index in [1.807, 2.05) is 37.3 Å². The molecule has 1 atom stereocenters. The molecule has 1 aromatic heterocycles. The first-order valence-electron chi connectivity index (χ1n) is 10.9. The predicted molar refractivity (Wildman–Crippen MR) is 131 cm³/mol. The first-order chi connectivity index (χ1) is 16.5. The number of ether oxygens (including phenoxy) is 2. The highest BCUT2D eigenvalue weighted by Gasteiger charge is 2.44. The number of ketones is 1. The molecule has 6 nitrogen and oxygen atoms in total. The van der Waals surface area contributed by atoms with Crippen molar-refractivity contribution >= 4 is 23.0 Å². The maximum Gasteiger partial charge on any atom is 0.290 e. The lowest BCUT2D eigenvalue weighted by molar-refractivity contribution is -0.130. The Hall–Kier alpha value is -3.84. The Balaban J connectivity index is 1.80. The average molecular weight is 476 g/mol. The van der Waals surface area contributed by atoms with Crippen LogP contribution in [-0.2, 0) is 11.3 Å². The van der Waals surface area contributed by atoms with Gasteiger partial charge in [-0.1, -0.05) is 55.1 Å². The number of nitrogens with zero attached hydrogens (tertiary/aromatic N) is 1. The van der Waals surface area contributed by atoms with Crippen LogP contribution in [0.4, 0.5) is 0 Å². The number of thiophene rings is 1. The molecule has 0 radical (unpaired) electrons. The van der Waals surface area contributed by atoms with Gasteiger partial charge in [0.05, 0.1) is 23.1 Å². The van der Waals surface area contributed by atoms with Crippen molar-refractivity contribution in [3.8, 4) is 11.5 Å². The van der Waals surface area contributed by atoms with E-state index in [9.17, 15) is 14.7 Å². The number of hydrogen-bond donors (Lipinski definition) is 1. The number of carbonyl (C=O) groups excluding carboxylic acids is 2. The van der Waals surface area contributed by atoms with E-state index in [2.05, 4.69) is 6.58 Å². The van der Waals surface area contributed by atoms with Gasteiger partial charge in [0.1, 0.15) is 6.61 Å². The molecule has 1 aliphatic heterocycles. The Morgan fingerprint density at radius 2 is 1.91 bits per heavy atom. The molecule has 1 amide bonds. The lowest BCUT2D eigenvalue weighted by Crippen LogP contribution is -2.30. The fourth-order valence-electron chi connectivity index (χ4n) is 3.95. The number of hydrogen-bond acceptors (Lipinski definition) is 6. The maximum atomic E-state index is 13.4. The molecule has 174 valence electrons. The highest BCUT2D eigenvalue weighted by Crippen LogP contribution is 2.42. The summed E-state index contributed by atoms with van der Waals surface area (Å²) in [4.78, 5) is 28.6. The first-order valence-corrected chi connectivity index (χ1v) is 11.8. The molecular formula is C27H25NO5S. The number of benzene rings is 2. The van der Waals surface area contributed by atoms with Crippen LogP contribution in [0, 0.1) is 0 Å². The highest BCUT2D eigenvalue weighted by atomic mass is 32.1. The van der Waals surface area contributed by atoms with Gasteiger partial charge in [-0.2, -0.15) is 0 Å². The second-order valence-electron chi connectivity index (χ2n) is 7.63. The smallest absolute Gasteiger partial charge is 0.290 e. The topological polar surface area (TPSA) is 76.1 Å². The van der Waals surface area contributed by atoms with Crippen LogP contribution in [0.2, 0.25) is 0 Å². The van der Waals surface area contributed by atoms with E-state index in [0.29, 0.717) is 35.2 Å². The Morgan fingerprint density at radius 3 is 2.59 bits per heavy atom. The zero-order valence-electron chi connectivity index (χ0n) is 18.8. The Bertz CT molecular complexity index is 1220. The molecule has 1 unspecified atom stereocenters. The van der Waals surface area contributed by atoms with Crippen LogP contribution >= 0.6 is 11.3 Å². The van der Waals surface area contributed by atoms with E-state index in [1.165, 1.54) is 16.2 Å². The van der Waals surface area contributed by atoms with E-state index >= 15 is 0 Å². The first kappa shape index (κ1) is 23.3. The third-order valence-electron chi connectivity index (χ3n) is 5.43. The molecular weight excluding hydrogens is 450 g/mol. The lowest BCUT2D eigenvalue weighted by atomic mass is 9.94. The minimum absolute atomic E-state index is 0.0607. The minimum Gasteiger partial charge on any atom is -0.503 e. The summed E-state index contributed by atoms with van der Waals surface area (Å²) in [6.45, 7) is 6.49. The average Bonchev–Trinajstić information content (AvgIpc) is 3.47. The molecule has 0 spiro atoms. The van der Waals surface area contributed by atoms with Crippen molar-refractivity contribution in [3.63, 3.8) is 0 Å². The third kappa shape index (κ3) is 4.61. The van der Waals surface area contributed by atoms with Gasteiger partial charge in [0, 0.05) is 6.54 Å². The van der Waals surface area contributed by atoms with Crippen LogP contribution in [0.25, 0.3) is 0 Å². The quantitative estimate of drug-likeness (QED) is 0.310. The van der Waals surface area contributed by atoms with Crippen LogP contribution in [0.15, 0.2) is 90.0 Å². The summed E-state index contributed by atoms with van der Waals surface area (Å²) in [6.07, 6.45) is 1.64. The molecule has 4 rings (SSSR count). The third-order valence-corrected chi connectivity index (χ3v) is 6.30.